The number of nitrogens with zero attached hydrogens (tertiary/aromatic N) is 1. The molecule has 4 nitrogen and oxygen atoms in total. The molecular formula is C10H22N2O2. The van der Waals surface area contributed by atoms with Gasteiger partial charge >= 0.3 is 0 Å². The standard InChI is InChI=1S/C10H22N2O2/c1-3-14-9-8-12(2)10(13)6-4-5-7-11/h3-9,11H2,1-2H3. The number of hydrogen-bond donors (Lipinski definition) is 1. The van der Waals surface area contributed by atoms with E-state index in [2.05, 4.69) is 0 Å². The normalized spacial score (nSPS) is 10.2. The smallest absolute Gasteiger partial charge is 0.222 e. The summed E-state index contributed by atoms with van der Waals surface area (Å²) in [6.45, 7) is 4.61. The van der Waals surface area contributed by atoms with Crippen molar-refractivity contribution in [3.05, 3.63) is 0 Å². The molecule has 0 spiro atoms. The highest BCUT2D eigenvalue weighted by atomic mass is 16.5. The Balaban J connectivity index is 3.44. The molecule has 0 aliphatic carbocycles. The molecule has 1 amide bonds. The number of ether oxygens (including phenoxy) is 1. The maximum Gasteiger partial charge on any atom is 0.222 e. The Kier molecular flexibility index (Phi) is 8.57. The van der Waals surface area contributed by atoms with Crippen LogP contribution in [0.25, 0.3) is 0 Å². The first-order valence-corrected chi connectivity index (χ1v) is 5.24. The fourth-order valence-corrected chi connectivity index (χ4v) is 1.08. The van der Waals surface area contributed by atoms with E-state index in [9.17, 15) is 4.79 Å². The molecule has 0 saturated heterocycles. The highest BCUT2D eigenvalue weighted by molar-refractivity contribution is 5.75. The molecule has 4 heteroatoms. The Morgan fingerprint density at radius 3 is 2.71 bits per heavy atom. The lowest BCUT2D eigenvalue weighted by molar-refractivity contribution is -0.130. The van der Waals surface area contributed by atoms with Gasteiger partial charge in [0.15, 0.2) is 0 Å². The predicted molar refractivity (Wildman–Crippen MR) is 57.0 cm³/mol. The van der Waals surface area contributed by atoms with E-state index >= 15 is 0 Å². The third kappa shape index (κ3) is 6.86. The minimum absolute atomic E-state index is 0.179. The predicted octanol–water partition coefficient (Wildman–Crippen LogP) is 0.610. The minimum Gasteiger partial charge on any atom is -0.380 e. The van der Waals surface area contributed by atoms with Gasteiger partial charge in [0.2, 0.25) is 5.91 Å². The molecule has 0 aliphatic rings. The Morgan fingerprint density at radius 2 is 2.14 bits per heavy atom. The Hall–Kier alpha value is -0.610. The lowest BCUT2D eigenvalue weighted by Crippen LogP contribution is -2.30. The van der Waals surface area contributed by atoms with Crippen LogP contribution in [0.3, 0.4) is 0 Å². The van der Waals surface area contributed by atoms with Crippen LogP contribution in [0.5, 0.6) is 0 Å². The van der Waals surface area contributed by atoms with Gasteiger partial charge in [-0.3, -0.25) is 4.79 Å². The molecule has 84 valence electrons. The number of nitrogens with two attached hydrogens (primary N) is 1. The van der Waals surface area contributed by atoms with Crippen molar-refractivity contribution in [2.45, 2.75) is 26.2 Å². The second-order valence-electron chi connectivity index (χ2n) is 3.26. The van der Waals surface area contributed by atoms with Gasteiger partial charge in [-0.25, -0.2) is 0 Å². The van der Waals surface area contributed by atoms with E-state index in [0.717, 1.165) is 12.8 Å². The molecule has 0 fully saturated rings. The second-order valence-corrected chi connectivity index (χ2v) is 3.26. The molecule has 0 aromatic rings. The summed E-state index contributed by atoms with van der Waals surface area (Å²) in [5.41, 5.74) is 5.34. The quantitative estimate of drug-likeness (QED) is 0.587. The molecule has 14 heavy (non-hydrogen) atoms. The molecule has 0 aromatic carbocycles. The van der Waals surface area contributed by atoms with Crippen molar-refractivity contribution in [2.24, 2.45) is 5.73 Å². The van der Waals surface area contributed by atoms with Gasteiger partial charge in [-0.15, -0.1) is 0 Å². The number of hydrogen-bond acceptors (Lipinski definition) is 3. The average molecular weight is 202 g/mol. The number of unbranched alkanes of at least 4 members (excludes halogenated alkanes) is 1. The van der Waals surface area contributed by atoms with E-state index in [1.165, 1.54) is 0 Å². The van der Waals surface area contributed by atoms with Crippen LogP contribution in [-0.2, 0) is 9.53 Å². The Labute approximate surface area is 86.4 Å². The zero-order chi connectivity index (χ0) is 10.8. The van der Waals surface area contributed by atoms with Gasteiger partial charge in [-0.2, -0.15) is 0 Å². The van der Waals surface area contributed by atoms with E-state index < -0.39 is 0 Å². The number of likely N-dealkylation sites (N-methyl/N-ethyl adjacent to an activating group) is 1. The van der Waals surface area contributed by atoms with Gasteiger partial charge < -0.3 is 15.4 Å². The molecule has 0 bridgehead atoms. The number of carbonyl (C=O) groups is 1. The lowest BCUT2D eigenvalue weighted by atomic mass is 10.2. The number of amides is 1. The highest BCUT2D eigenvalue weighted by Gasteiger charge is 2.06. The van der Waals surface area contributed by atoms with E-state index in [-0.39, 0.29) is 5.91 Å². The summed E-state index contributed by atoms with van der Waals surface area (Å²) in [4.78, 5) is 13.2. The van der Waals surface area contributed by atoms with Crippen molar-refractivity contribution in [1.82, 2.24) is 4.90 Å². The van der Waals surface area contributed by atoms with Crippen molar-refractivity contribution in [3.8, 4) is 0 Å². The van der Waals surface area contributed by atoms with Gasteiger partial charge in [-0.05, 0) is 26.3 Å². The largest absolute Gasteiger partial charge is 0.380 e. The summed E-state index contributed by atoms with van der Waals surface area (Å²) < 4.78 is 5.17. The van der Waals surface area contributed by atoms with E-state index in [1.807, 2.05) is 14.0 Å². The molecular weight excluding hydrogens is 180 g/mol. The molecule has 2 N–H and O–H groups in total. The topological polar surface area (TPSA) is 55.6 Å². The lowest BCUT2D eigenvalue weighted by Gasteiger charge is -2.16. The van der Waals surface area contributed by atoms with Crippen molar-refractivity contribution < 1.29 is 9.53 Å². The van der Waals surface area contributed by atoms with Crippen LogP contribution in [0.4, 0.5) is 0 Å². The maximum atomic E-state index is 11.4. The second kappa shape index (κ2) is 8.97. The van der Waals surface area contributed by atoms with Crippen molar-refractivity contribution in [1.29, 1.82) is 0 Å². The fraction of sp³-hybridized carbons (Fsp3) is 0.900. The molecule has 0 radical (unpaired) electrons. The molecule has 0 saturated carbocycles. The summed E-state index contributed by atoms with van der Waals surface area (Å²) in [7, 11) is 1.81. The van der Waals surface area contributed by atoms with Gasteiger partial charge in [0.1, 0.15) is 0 Å². The zero-order valence-corrected chi connectivity index (χ0v) is 9.29. The van der Waals surface area contributed by atoms with Gasteiger partial charge in [0.05, 0.1) is 6.61 Å². The summed E-state index contributed by atoms with van der Waals surface area (Å²) in [6.07, 6.45) is 2.40. The van der Waals surface area contributed by atoms with Crippen molar-refractivity contribution >= 4 is 5.91 Å². The van der Waals surface area contributed by atoms with Gasteiger partial charge in [-0.1, -0.05) is 0 Å². The monoisotopic (exact) mass is 202 g/mol. The van der Waals surface area contributed by atoms with Crippen LogP contribution in [0.1, 0.15) is 26.2 Å². The summed E-state index contributed by atoms with van der Waals surface area (Å²) in [5, 5.41) is 0. The Morgan fingerprint density at radius 1 is 1.43 bits per heavy atom. The molecule has 0 aromatic heterocycles. The number of rotatable bonds is 8. The van der Waals surface area contributed by atoms with Crippen LogP contribution in [-0.4, -0.2) is 44.2 Å². The third-order valence-corrected chi connectivity index (χ3v) is 2.05. The van der Waals surface area contributed by atoms with E-state index in [0.29, 0.717) is 32.7 Å². The zero-order valence-electron chi connectivity index (χ0n) is 9.29. The Bertz CT molecular complexity index is 151. The maximum absolute atomic E-state index is 11.4. The first-order valence-electron chi connectivity index (χ1n) is 5.24. The van der Waals surface area contributed by atoms with E-state index in [1.54, 1.807) is 4.90 Å². The van der Waals surface area contributed by atoms with Crippen LogP contribution in [0.15, 0.2) is 0 Å². The van der Waals surface area contributed by atoms with Crippen LogP contribution in [0.2, 0.25) is 0 Å². The molecule has 0 atom stereocenters. The molecule has 0 aliphatic heterocycles. The highest BCUT2D eigenvalue weighted by Crippen LogP contribution is 1.98. The average Bonchev–Trinajstić information content (AvgIpc) is 2.18. The molecule has 0 heterocycles. The summed E-state index contributed by atoms with van der Waals surface area (Å²) in [6, 6.07) is 0. The summed E-state index contributed by atoms with van der Waals surface area (Å²) >= 11 is 0. The summed E-state index contributed by atoms with van der Waals surface area (Å²) in [5.74, 6) is 0.179. The van der Waals surface area contributed by atoms with Gasteiger partial charge in [0.25, 0.3) is 0 Å². The molecule has 0 rings (SSSR count). The van der Waals surface area contributed by atoms with Crippen LogP contribution in [0, 0.1) is 0 Å². The SMILES string of the molecule is CCOCCN(C)C(=O)CCCCN. The fourth-order valence-electron chi connectivity index (χ4n) is 1.08. The van der Waals surface area contributed by atoms with Crippen LogP contribution < -0.4 is 5.73 Å². The van der Waals surface area contributed by atoms with E-state index in [4.69, 9.17) is 10.5 Å². The number of carbonyl (C=O) groups excluding carboxylic acids is 1. The first kappa shape index (κ1) is 13.4. The third-order valence-electron chi connectivity index (χ3n) is 2.05. The van der Waals surface area contributed by atoms with Crippen molar-refractivity contribution in [2.75, 3.05) is 33.4 Å². The molecule has 0 unspecified atom stereocenters. The van der Waals surface area contributed by atoms with Crippen LogP contribution >= 0.6 is 0 Å². The van der Waals surface area contributed by atoms with Crippen molar-refractivity contribution in [3.63, 3.8) is 0 Å². The van der Waals surface area contributed by atoms with Gasteiger partial charge in [0, 0.05) is 26.6 Å². The minimum atomic E-state index is 0.179. The first-order chi connectivity index (χ1) is 6.72.